The predicted octanol–water partition coefficient (Wildman–Crippen LogP) is 1.28. The third kappa shape index (κ3) is 1.29. The van der Waals surface area contributed by atoms with Crippen LogP contribution in [0.3, 0.4) is 0 Å². The van der Waals surface area contributed by atoms with Crippen molar-refractivity contribution in [2.45, 2.75) is 13.0 Å². The molecule has 102 valence electrons. The zero-order valence-corrected chi connectivity index (χ0v) is 11.1. The van der Waals surface area contributed by atoms with Crippen LogP contribution in [0.15, 0.2) is 36.4 Å². The highest BCUT2D eigenvalue weighted by Crippen LogP contribution is 2.53. The minimum absolute atomic E-state index is 0.167. The first-order chi connectivity index (χ1) is 9.59. The molecule has 4 rings (SSSR count). The number of rotatable bonds is 1. The molecular formula is C16H15NO3. The SMILES string of the molecule is Cc1ccc(N2C(=O)C3C4C=CC(C4O)C3C2=O)cc1. The first-order valence-corrected chi connectivity index (χ1v) is 6.90. The van der Waals surface area contributed by atoms with Gasteiger partial charge in [-0.1, -0.05) is 29.8 Å². The molecule has 2 bridgehead atoms. The molecule has 1 heterocycles. The van der Waals surface area contributed by atoms with Crippen LogP contribution in [-0.4, -0.2) is 23.0 Å². The van der Waals surface area contributed by atoms with Gasteiger partial charge >= 0.3 is 0 Å². The lowest BCUT2D eigenvalue weighted by atomic mass is 9.85. The van der Waals surface area contributed by atoms with E-state index >= 15 is 0 Å². The molecule has 2 fully saturated rings. The second kappa shape index (κ2) is 3.79. The predicted molar refractivity (Wildman–Crippen MR) is 72.8 cm³/mol. The molecule has 4 nitrogen and oxygen atoms in total. The first kappa shape index (κ1) is 11.9. The van der Waals surface area contributed by atoms with Gasteiger partial charge in [0.15, 0.2) is 0 Å². The van der Waals surface area contributed by atoms with Gasteiger partial charge in [0, 0.05) is 11.8 Å². The Morgan fingerprint density at radius 2 is 1.45 bits per heavy atom. The zero-order valence-electron chi connectivity index (χ0n) is 11.1. The monoisotopic (exact) mass is 269 g/mol. The van der Waals surface area contributed by atoms with Crippen LogP contribution in [0.2, 0.25) is 0 Å². The molecule has 4 atom stereocenters. The van der Waals surface area contributed by atoms with Gasteiger partial charge in [-0.15, -0.1) is 0 Å². The summed E-state index contributed by atoms with van der Waals surface area (Å²) in [5.41, 5.74) is 1.72. The maximum Gasteiger partial charge on any atom is 0.238 e. The van der Waals surface area contributed by atoms with Crippen molar-refractivity contribution in [3.63, 3.8) is 0 Å². The summed E-state index contributed by atoms with van der Waals surface area (Å²) < 4.78 is 0. The van der Waals surface area contributed by atoms with Gasteiger partial charge in [-0.3, -0.25) is 14.5 Å². The molecule has 1 aromatic rings. The molecule has 1 aromatic carbocycles. The van der Waals surface area contributed by atoms with Gasteiger partial charge in [-0.05, 0) is 19.1 Å². The number of hydrogen-bond acceptors (Lipinski definition) is 3. The van der Waals surface area contributed by atoms with E-state index in [1.54, 1.807) is 12.1 Å². The van der Waals surface area contributed by atoms with E-state index in [-0.39, 0.29) is 35.5 Å². The minimum Gasteiger partial charge on any atom is -0.392 e. The number of aliphatic hydroxyl groups excluding tert-OH is 1. The molecule has 0 aromatic heterocycles. The Morgan fingerprint density at radius 1 is 0.950 bits per heavy atom. The number of benzene rings is 1. The summed E-state index contributed by atoms with van der Waals surface area (Å²) in [6.45, 7) is 1.96. The second-order valence-corrected chi connectivity index (χ2v) is 5.93. The topological polar surface area (TPSA) is 57.6 Å². The highest BCUT2D eigenvalue weighted by atomic mass is 16.3. The zero-order chi connectivity index (χ0) is 14.0. The molecule has 3 aliphatic rings. The van der Waals surface area contributed by atoms with Crippen molar-refractivity contribution in [1.29, 1.82) is 0 Å². The van der Waals surface area contributed by atoms with Crippen LogP contribution in [0.4, 0.5) is 5.69 Å². The van der Waals surface area contributed by atoms with Crippen molar-refractivity contribution in [2.75, 3.05) is 4.90 Å². The van der Waals surface area contributed by atoms with Crippen molar-refractivity contribution in [1.82, 2.24) is 0 Å². The largest absolute Gasteiger partial charge is 0.392 e. The number of fused-ring (bicyclic) bond motifs is 5. The standard InChI is InChI=1S/C16H15NO3/c1-8-2-4-9(5-3-8)17-15(19)12-10-6-7-11(14(10)18)13(12)16(17)20/h2-7,10-14,18H,1H3. The molecule has 1 saturated heterocycles. The number of carbonyl (C=O) groups is 2. The molecule has 0 spiro atoms. The van der Waals surface area contributed by atoms with Gasteiger partial charge in [0.05, 0.1) is 23.6 Å². The highest BCUT2D eigenvalue weighted by molar-refractivity contribution is 6.22. The van der Waals surface area contributed by atoms with Crippen LogP contribution in [-0.2, 0) is 9.59 Å². The quantitative estimate of drug-likeness (QED) is 0.617. The summed E-state index contributed by atoms with van der Waals surface area (Å²) >= 11 is 0. The number of hydrogen-bond donors (Lipinski definition) is 1. The highest BCUT2D eigenvalue weighted by Gasteiger charge is 2.63. The van der Waals surface area contributed by atoms with Gasteiger partial charge in [-0.25, -0.2) is 0 Å². The Hall–Kier alpha value is -1.94. The number of imide groups is 1. The van der Waals surface area contributed by atoms with E-state index in [0.29, 0.717) is 5.69 Å². The Morgan fingerprint density at radius 3 is 1.95 bits per heavy atom. The molecule has 2 amide bonds. The van der Waals surface area contributed by atoms with E-state index in [1.165, 1.54) is 4.90 Å². The fourth-order valence-electron chi connectivity index (χ4n) is 3.88. The van der Waals surface area contributed by atoms with Crippen molar-refractivity contribution in [2.24, 2.45) is 23.7 Å². The Balaban J connectivity index is 1.74. The number of aryl methyl sites for hydroxylation is 1. The summed E-state index contributed by atoms with van der Waals surface area (Å²) in [6.07, 6.45) is 3.21. The minimum atomic E-state index is -0.571. The van der Waals surface area contributed by atoms with Crippen LogP contribution in [0.5, 0.6) is 0 Å². The molecular weight excluding hydrogens is 254 g/mol. The van der Waals surface area contributed by atoms with Crippen LogP contribution in [0, 0.1) is 30.6 Å². The van der Waals surface area contributed by atoms with Crippen molar-refractivity contribution < 1.29 is 14.7 Å². The summed E-state index contributed by atoms with van der Waals surface area (Å²) in [6, 6.07) is 7.40. The van der Waals surface area contributed by atoms with Crippen LogP contribution in [0.25, 0.3) is 0 Å². The van der Waals surface area contributed by atoms with E-state index in [4.69, 9.17) is 0 Å². The number of amides is 2. The Labute approximate surface area is 116 Å². The lowest BCUT2D eigenvalue weighted by Gasteiger charge is -2.19. The average Bonchev–Trinajstić information content (AvgIpc) is 3.02. The normalized spacial score (nSPS) is 37.9. The van der Waals surface area contributed by atoms with Crippen molar-refractivity contribution in [3.8, 4) is 0 Å². The maximum absolute atomic E-state index is 12.6. The number of anilines is 1. The van der Waals surface area contributed by atoms with Crippen LogP contribution in [0.1, 0.15) is 5.56 Å². The number of carbonyl (C=O) groups excluding carboxylic acids is 2. The second-order valence-electron chi connectivity index (χ2n) is 5.93. The van der Waals surface area contributed by atoms with Gasteiger partial charge in [0.1, 0.15) is 0 Å². The van der Waals surface area contributed by atoms with Crippen LogP contribution >= 0.6 is 0 Å². The smallest absolute Gasteiger partial charge is 0.238 e. The number of aliphatic hydroxyl groups is 1. The van der Waals surface area contributed by atoms with E-state index in [0.717, 1.165) is 5.56 Å². The summed E-state index contributed by atoms with van der Waals surface area (Å²) in [7, 11) is 0. The summed E-state index contributed by atoms with van der Waals surface area (Å²) in [4.78, 5) is 26.5. The molecule has 20 heavy (non-hydrogen) atoms. The molecule has 0 radical (unpaired) electrons. The fraction of sp³-hybridized carbons (Fsp3) is 0.375. The Kier molecular flexibility index (Phi) is 2.25. The Bertz CT molecular complexity index is 602. The third-order valence-corrected chi connectivity index (χ3v) is 4.86. The molecule has 1 N–H and O–H groups in total. The van der Waals surface area contributed by atoms with E-state index < -0.39 is 6.10 Å². The third-order valence-electron chi connectivity index (χ3n) is 4.86. The van der Waals surface area contributed by atoms with Crippen molar-refractivity contribution >= 4 is 17.5 Å². The van der Waals surface area contributed by atoms with Crippen LogP contribution < -0.4 is 4.90 Å². The molecule has 1 saturated carbocycles. The lowest BCUT2D eigenvalue weighted by Crippen LogP contribution is -2.35. The maximum atomic E-state index is 12.6. The van der Waals surface area contributed by atoms with Crippen molar-refractivity contribution in [3.05, 3.63) is 42.0 Å². The summed E-state index contributed by atoms with van der Waals surface area (Å²) in [5.74, 6) is -1.49. The molecule has 2 aliphatic carbocycles. The van der Waals surface area contributed by atoms with Gasteiger partial charge in [-0.2, -0.15) is 0 Å². The van der Waals surface area contributed by atoms with Gasteiger partial charge in [0.25, 0.3) is 0 Å². The summed E-state index contributed by atoms with van der Waals surface area (Å²) in [5, 5.41) is 10.1. The molecule has 1 aliphatic heterocycles. The van der Waals surface area contributed by atoms with E-state index in [9.17, 15) is 14.7 Å². The van der Waals surface area contributed by atoms with Gasteiger partial charge < -0.3 is 5.11 Å². The van der Waals surface area contributed by atoms with E-state index in [1.807, 2.05) is 31.2 Å². The number of nitrogens with zero attached hydrogens (tertiary/aromatic N) is 1. The molecule has 4 unspecified atom stereocenters. The average molecular weight is 269 g/mol. The molecule has 4 heteroatoms. The lowest BCUT2D eigenvalue weighted by molar-refractivity contribution is -0.123. The van der Waals surface area contributed by atoms with Gasteiger partial charge in [0.2, 0.25) is 11.8 Å². The van der Waals surface area contributed by atoms with E-state index in [2.05, 4.69) is 0 Å². The fourth-order valence-corrected chi connectivity index (χ4v) is 3.88. The first-order valence-electron chi connectivity index (χ1n) is 6.90.